The number of benzene rings is 3. The summed E-state index contributed by atoms with van der Waals surface area (Å²) in [7, 11) is 0. The van der Waals surface area contributed by atoms with E-state index in [2.05, 4.69) is 10.3 Å². The molecule has 0 saturated carbocycles. The first kappa shape index (κ1) is 22.9. The zero-order valence-electron chi connectivity index (χ0n) is 19.3. The van der Waals surface area contributed by atoms with E-state index < -0.39 is 0 Å². The summed E-state index contributed by atoms with van der Waals surface area (Å²) in [6.07, 6.45) is 0. The number of hydrogen-bond donors (Lipinski definition) is 2. The van der Waals surface area contributed by atoms with Gasteiger partial charge < -0.3 is 10.3 Å². The number of H-pyrrole nitrogens is 1. The molecule has 0 saturated heterocycles. The van der Waals surface area contributed by atoms with E-state index in [0.717, 1.165) is 33.3 Å². The van der Waals surface area contributed by atoms with Gasteiger partial charge in [-0.1, -0.05) is 54.2 Å². The zero-order valence-corrected chi connectivity index (χ0v) is 20.1. The highest BCUT2D eigenvalue weighted by Gasteiger charge is 2.19. The number of carbonyl (C=O) groups is 1. The van der Waals surface area contributed by atoms with Gasteiger partial charge in [0.1, 0.15) is 16.9 Å². The molecule has 0 aliphatic carbocycles. The van der Waals surface area contributed by atoms with Crippen LogP contribution in [0.3, 0.4) is 0 Å². The number of thioether (sulfide) groups is 1. The third-order valence-electron chi connectivity index (χ3n) is 5.84. The van der Waals surface area contributed by atoms with E-state index in [1.54, 1.807) is 16.7 Å². The SMILES string of the molecule is Cc1ccc(C)c(-n2c(SCC(=O)NCc3ccc(F)cc3)nc3c([nH]c4ccccc43)c2=O)c1. The number of halogens is 1. The Morgan fingerprint density at radius 2 is 1.86 bits per heavy atom. The van der Waals surface area contributed by atoms with Crippen molar-refractivity contribution in [1.29, 1.82) is 0 Å². The number of nitrogens with one attached hydrogen (secondary N) is 2. The number of fused-ring (bicyclic) bond motifs is 3. The van der Waals surface area contributed by atoms with Gasteiger partial charge in [-0.3, -0.25) is 14.2 Å². The van der Waals surface area contributed by atoms with Gasteiger partial charge in [0.2, 0.25) is 5.91 Å². The van der Waals surface area contributed by atoms with Gasteiger partial charge >= 0.3 is 0 Å². The van der Waals surface area contributed by atoms with Gasteiger partial charge in [-0.05, 0) is 54.8 Å². The molecule has 8 heteroatoms. The number of hydrogen-bond acceptors (Lipinski definition) is 4. The number of carbonyl (C=O) groups excluding carboxylic acids is 1. The molecule has 0 spiro atoms. The Labute approximate surface area is 205 Å². The molecule has 2 aromatic heterocycles. The van der Waals surface area contributed by atoms with Gasteiger partial charge in [0.15, 0.2) is 5.16 Å². The van der Waals surface area contributed by atoms with Crippen molar-refractivity contribution < 1.29 is 9.18 Å². The maximum Gasteiger partial charge on any atom is 0.283 e. The van der Waals surface area contributed by atoms with Crippen molar-refractivity contribution in [3.8, 4) is 5.69 Å². The maximum absolute atomic E-state index is 13.7. The topological polar surface area (TPSA) is 79.8 Å². The van der Waals surface area contributed by atoms with E-state index in [0.29, 0.717) is 22.7 Å². The van der Waals surface area contributed by atoms with Crippen LogP contribution in [0.1, 0.15) is 16.7 Å². The molecule has 0 aliphatic rings. The van der Waals surface area contributed by atoms with E-state index in [1.165, 1.54) is 23.9 Å². The number of aryl methyl sites for hydroxylation is 2. The second-order valence-corrected chi connectivity index (χ2v) is 9.35. The van der Waals surface area contributed by atoms with Crippen LogP contribution in [0.15, 0.2) is 76.7 Å². The van der Waals surface area contributed by atoms with Crippen LogP contribution in [0.2, 0.25) is 0 Å². The lowest BCUT2D eigenvalue weighted by atomic mass is 10.1. The minimum absolute atomic E-state index is 0.0758. The number of para-hydroxylation sites is 1. The molecule has 0 aliphatic heterocycles. The fraction of sp³-hybridized carbons (Fsp3) is 0.148. The summed E-state index contributed by atoms with van der Waals surface area (Å²) >= 11 is 1.21. The summed E-state index contributed by atoms with van der Waals surface area (Å²) in [4.78, 5) is 34.4. The predicted molar refractivity (Wildman–Crippen MR) is 138 cm³/mol. The molecule has 1 amide bonds. The molecule has 0 fully saturated rings. The summed E-state index contributed by atoms with van der Waals surface area (Å²) in [5.74, 6) is -0.453. The van der Waals surface area contributed by atoms with Gasteiger partial charge in [0.25, 0.3) is 5.56 Å². The number of aromatic amines is 1. The molecular formula is C27H23FN4O2S. The molecule has 2 heterocycles. The van der Waals surface area contributed by atoms with Crippen LogP contribution in [0.25, 0.3) is 27.6 Å². The summed E-state index contributed by atoms with van der Waals surface area (Å²) in [5.41, 5.74) is 5.11. The van der Waals surface area contributed by atoms with Crippen LogP contribution in [-0.4, -0.2) is 26.2 Å². The van der Waals surface area contributed by atoms with Crippen molar-refractivity contribution >= 4 is 39.6 Å². The van der Waals surface area contributed by atoms with E-state index >= 15 is 0 Å². The van der Waals surface area contributed by atoms with E-state index in [1.807, 2.05) is 56.3 Å². The molecule has 2 N–H and O–H groups in total. The van der Waals surface area contributed by atoms with Gasteiger partial charge in [-0.15, -0.1) is 0 Å². The molecule has 0 radical (unpaired) electrons. The van der Waals surface area contributed by atoms with Gasteiger partial charge in [-0.25, -0.2) is 9.37 Å². The fourth-order valence-corrected chi connectivity index (χ4v) is 4.82. The minimum atomic E-state index is -0.321. The third kappa shape index (κ3) is 4.57. The molecule has 0 bridgehead atoms. The molecular weight excluding hydrogens is 463 g/mol. The highest BCUT2D eigenvalue weighted by atomic mass is 32.2. The normalized spacial score (nSPS) is 11.3. The number of aromatic nitrogens is 3. The molecule has 35 heavy (non-hydrogen) atoms. The van der Waals surface area contributed by atoms with Crippen LogP contribution in [0, 0.1) is 19.7 Å². The minimum Gasteiger partial charge on any atom is -0.351 e. The molecule has 0 atom stereocenters. The van der Waals surface area contributed by atoms with Crippen molar-refractivity contribution in [2.24, 2.45) is 0 Å². The fourth-order valence-electron chi connectivity index (χ4n) is 4.00. The Morgan fingerprint density at radius 1 is 1.09 bits per heavy atom. The van der Waals surface area contributed by atoms with Crippen molar-refractivity contribution in [3.63, 3.8) is 0 Å². The van der Waals surface area contributed by atoms with Crippen LogP contribution < -0.4 is 10.9 Å². The molecule has 6 nitrogen and oxygen atoms in total. The van der Waals surface area contributed by atoms with Gasteiger partial charge in [-0.2, -0.15) is 0 Å². The second-order valence-electron chi connectivity index (χ2n) is 8.41. The Kier molecular flexibility index (Phi) is 6.13. The van der Waals surface area contributed by atoms with Crippen molar-refractivity contribution in [2.75, 3.05) is 5.75 Å². The number of nitrogens with zero attached hydrogens (tertiary/aromatic N) is 2. The van der Waals surface area contributed by atoms with Gasteiger partial charge in [0, 0.05) is 17.4 Å². The van der Waals surface area contributed by atoms with Crippen molar-refractivity contribution in [3.05, 3.63) is 99.6 Å². The van der Waals surface area contributed by atoms with Crippen LogP contribution in [0.5, 0.6) is 0 Å². The molecule has 176 valence electrons. The van der Waals surface area contributed by atoms with Crippen molar-refractivity contribution in [2.45, 2.75) is 25.5 Å². The Hall–Kier alpha value is -3.91. The van der Waals surface area contributed by atoms with E-state index in [4.69, 9.17) is 4.98 Å². The lowest BCUT2D eigenvalue weighted by Crippen LogP contribution is -2.26. The zero-order chi connectivity index (χ0) is 24.5. The Balaban J connectivity index is 1.51. The maximum atomic E-state index is 13.7. The molecule has 5 aromatic rings. The number of rotatable bonds is 6. The number of amides is 1. The van der Waals surface area contributed by atoms with Crippen molar-refractivity contribution in [1.82, 2.24) is 19.9 Å². The molecule has 0 unspecified atom stereocenters. The van der Waals surface area contributed by atoms with E-state index in [9.17, 15) is 14.0 Å². The Bertz CT molecular complexity index is 1620. The highest BCUT2D eigenvalue weighted by Crippen LogP contribution is 2.27. The molecule has 3 aromatic carbocycles. The summed E-state index contributed by atoms with van der Waals surface area (Å²) in [6.45, 7) is 4.21. The smallest absolute Gasteiger partial charge is 0.283 e. The van der Waals surface area contributed by atoms with Crippen LogP contribution >= 0.6 is 11.8 Å². The second kappa shape index (κ2) is 9.38. The quantitative estimate of drug-likeness (QED) is 0.261. The largest absolute Gasteiger partial charge is 0.351 e. The lowest BCUT2D eigenvalue weighted by Gasteiger charge is -2.15. The lowest BCUT2D eigenvalue weighted by molar-refractivity contribution is -0.118. The first-order valence-electron chi connectivity index (χ1n) is 11.2. The van der Waals surface area contributed by atoms with E-state index in [-0.39, 0.29) is 23.0 Å². The van der Waals surface area contributed by atoms with Crippen LogP contribution in [0.4, 0.5) is 4.39 Å². The standard InChI is InChI=1S/C27H23FN4O2S/c1-16-7-8-17(2)22(13-16)32-26(34)25-24(20-5-3-4-6-21(20)30-25)31-27(32)35-15-23(33)29-14-18-9-11-19(28)12-10-18/h3-13,30H,14-15H2,1-2H3,(H,29,33). The summed E-state index contributed by atoms with van der Waals surface area (Å²) in [5, 5.41) is 4.14. The first-order chi connectivity index (χ1) is 16.9. The third-order valence-corrected chi connectivity index (χ3v) is 6.77. The first-order valence-corrected chi connectivity index (χ1v) is 12.1. The van der Waals surface area contributed by atoms with Crippen LogP contribution in [-0.2, 0) is 11.3 Å². The average molecular weight is 487 g/mol. The highest BCUT2D eigenvalue weighted by molar-refractivity contribution is 7.99. The molecule has 5 rings (SSSR count). The average Bonchev–Trinajstić information content (AvgIpc) is 3.23. The predicted octanol–water partition coefficient (Wildman–Crippen LogP) is 5.03. The van der Waals surface area contributed by atoms with Gasteiger partial charge in [0.05, 0.1) is 11.4 Å². The Morgan fingerprint density at radius 3 is 2.66 bits per heavy atom. The summed E-state index contributed by atoms with van der Waals surface area (Å²) < 4.78 is 14.7. The monoisotopic (exact) mass is 486 g/mol. The summed E-state index contributed by atoms with van der Waals surface area (Å²) in [6, 6.07) is 19.5.